The molecule has 5 rings (SSSR count). The molecule has 0 saturated carbocycles. The Morgan fingerprint density at radius 2 is 2.00 bits per heavy atom. The molecule has 1 saturated heterocycles. The molecule has 4 aromatic rings. The quantitative estimate of drug-likeness (QED) is 0.416. The minimum absolute atomic E-state index is 0.110. The molecule has 170 valence electrons. The topological polar surface area (TPSA) is 103 Å². The fourth-order valence-electron chi connectivity index (χ4n) is 4.28. The van der Waals surface area contributed by atoms with Crippen LogP contribution in [0.5, 0.6) is 0 Å². The van der Waals surface area contributed by atoms with Crippen molar-refractivity contribution in [3.63, 3.8) is 0 Å². The Morgan fingerprint density at radius 3 is 2.73 bits per heavy atom. The molecule has 9 nitrogen and oxygen atoms in total. The summed E-state index contributed by atoms with van der Waals surface area (Å²) in [5.41, 5.74) is 3.19. The summed E-state index contributed by atoms with van der Waals surface area (Å²) in [5, 5.41) is 8.98. The van der Waals surface area contributed by atoms with Gasteiger partial charge in [0.25, 0.3) is 0 Å². The van der Waals surface area contributed by atoms with Gasteiger partial charge in [-0.15, -0.1) is 5.10 Å². The predicted molar refractivity (Wildman–Crippen MR) is 123 cm³/mol. The number of pyridine rings is 2. The van der Waals surface area contributed by atoms with Gasteiger partial charge in [0, 0.05) is 30.6 Å². The van der Waals surface area contributed by atoms with E-state index in [1.165, 1.54) is 6.26 Å². The fraction of sp³-hybridized carbons (Fsp3) is 0.417. The molecule has 1 aliphatic heterocycles. The van der Waals surface area contributed by atoms with E-state index in [4.69, 9.17) is 4.42 Å². The summed E-state index contributed by atoms with van der Waals surface area (Å²) in [4.78, 5) is 29.0. The summed E-state index contributed by atoms with van der Waals surface area (Å²) in [6.07, 6.45) is 7.18. The van der Waals surface area contributed by atoms with E-state index in [0.717, 1.165) is 42.5 Å². The largest absolute Gasteiger partial charge is 0.448 e. The van der Waals surface area contributed by atoms with Crippen molar-refractivity contribution in [1.29, 1.82) is 0 Å². The van der Waals surface area contributed by atoms with E-state index < -0.39 is 0 Å². The first kappa shape index (κ1) is 21.4. The number of aryl methyl sites for hydroxylation is 1. The Bertz CT molecular complexity index is 1280. The lowest BCUT2D eigenvalue weighted by Gasteiger charge is -2.33. The van der Waals surface area contributed by atoms with Crippen LogP contribution in [0.25, 0.3) is 22.3 Å². The molecule has 0 aliphatic carbocycles. The Kier molecular flexibility index (Phi) is 5.72. The zero-order valence-corrected chi connectivity index (χ0v) is 19.1. The van der Waals surface area contributed by atoms with Crippen LogP contribution in [0.1, 0.15) is 54.7 Å². The number of hydrogen-bond donors (Lipinski definition) is 0. The van der Waals surface area contributed by atoms with Crippen molar-refractivity contribution in [3.8, 4) is 11.4 Å². The Balaban J connectivity index is 1.29. The van der Waals surface area contributed by atoms with Crippen LogP contribution in [0.2, 0.25) is 0 Å². The molecule has 0 aromatic carbocycles. The van der Waals surface area contributed by atoms with Crippen molar-refractivity contribution < 1.29 is 9.21 Å². The highest BCUT2D eigenvalue weighted by Gasteiger charge is 2.26. The second-order valence-electron chi connectivity index (χ2n) is 8.92. The highest BCUT2D eigenvalue weighted by molar-refractivity contribution is 5.95. The van der Waals surface area contributed by atoms with Gasteiger partial charge in [-0.3, -0.25) is 14.5 Å². The molecule has 4 aromatic heterocycles. The highest BCUT2D eigenvalue weighted by Crippen LogP contribution is 2.28. The van der Waals surface area contributed by atoms with Gasteiger partial charge in [-0.2, -0.15) is 0 Å². The van der Waals surface area contributed by atoms with E-state index in [9.17, 15) is 4.79 Å². The van der Waals surface area contributed by atoms with E-state index in [2.05, 4.69) is 44.0 Å². The first-order chi connectivity index (χ1) is 16.0. The molecule has 33 heavy (non-hydrogen) atoms. The molecule has 0 bridgehead atoms. The number of piperidine rings is 1. The van der Waals surface area contributed by atoms with Gasteiger partial charge in [0.05, 0.1) is 29.5 Å². The van der Waals surface area contributed by atoms with Crippen molar-refractivity contribution in [2.24, 2.45) is 7.05 Å². The van der Waals surface area contributed by atoms with E-state index in [1.54, 1.807) is 10.9 Å². The molecule has 0 atom stereocenters. The van der Waals surface area contributed by atoms with Crippen molar-refractivity contribution in [2.45, 2.75) is 45.1 Å². The number of aromatic nitrogens is 6. The third kappa shape index (κ3) is 4.54. The zero-order valence-electron chi connectivity index (χ0n) is 19.1. The Hall–Kier alpha value is -3.46. The van der Waals surface area contributed by atoms with Crippen molar-refractivity contribution in [1.82, 2.24) is 34.8 Å². The molecule has 1 fully saturated rings. The summed E-state index contributed by atoms with van der Waals surface area (Å²) in [7, 11) is 1.81. The smallest absolute Gasteiger partial charge is 0.197 e. The lowest BCUT2D eigenvalue weighted by molar-refractivity contribution is 0.0987. The molecule has 5 heterocycles. The monoisotopic (exact) mass is 445 g/mol. The summed E-state index contributed by atoms with van der Waals surface area (Å²) in [6.45, 7) is 6.49. The number of fused-ring (bicyclic) bond motifs is 1. The summed E-state index contributed by atoms with van der Waals surface area (Å²) in [6, 6.07) is 6.23. The molecule has 0 N–H and O–H groups in total. The van der Waals surface area contributed by atoms with E-state index in [-0.39, 0.29) is 18.1 Å². The van der Waals surface area contributed by atoms with Gasteiger partial charge in [-0.1, -0.05) is 5.21 Å². The molecule has 9 heteroatoms. The average Bonchev–Trinajstić information content (AvgIpc) is 3.48. The van der Waals surface area contributed by atoms with Crippen molar-refractivity contribution >= 4 is 16.7 Å². The van der Waals surface area contributed by atoms with Gasteiger partial charge >= 0.3 is 0 Å². The van der Waals surface area contributed by atoms with E-state index in [1.807, 2.05) is 31.4 Å². The fourth-order valence-corrected chi connectivity index (χ4v) is 4.28. The molecular weight excluding hydrogens is 418 g/mol. The van der Waals surface area contributed by atoms with Gasteiger partial charge in [0.2, 0.25) is 0 Å². The number of oxazole rings is 1. The van der Waals surface area contributed by atoms with Crippen LogP contribution in [-0.2, 0) is 13.5 Å². The van der Waals surface area contributed by atoms with Crippen LogP contribution in [0.15, 0.2) is 41.3 Å². The molecule has 0 spiro atoms. The lowest BCUT2D eigenvalue weighted by Crippen LogP contribution is -2.37. The van der Waals surface area contributed by atoms with Crippen LogP contribution in [0.4, 0.5) is 0 Å². The maximum atomic E-state index is 12.9. The first-order valence-corrected chi connectivity index (χ1v) is 11.3. The van der Waals surface area contributed by atoms with E-state index >= 15 is 0 Å². The van der Waals surface area contributed by atoms with Gasteiger partial charge in [-0.05, 0) is 58.0 Å². The molecule has 0 radical (unpaired) electrons. The normalized spacial score (nSPS) is 15.5. The summed E-state index contributed by atoms with van der Waals surface area (Å²) < 4.78 is 7.33. The zero-order chi connectivity index (χ0) is 22.9. The van der Waals surface area contributed by atoms with Crippen LogP contribution in [-0.4, -0.2) is 59.8 Å². The number of ketones is 1. The third-order valence-electron chi connectivity index (χ3n) is 6.25. The SMILES string of the molecule is CC(C)N1CCC(c2nc(C(=O)Cc3cc4nc(-c5cn(C)nn5)ccc4cn3)co2)CC1. The average molecular weight is 446 g/mol. The second kappa shape index (κ2) is 8.82. The number of likely N-dealkylation sites (tertiary alicyclic amines) is 1. The van der Waals surface area contributed by atoms with Crippen LogP contribution >= 0.6 is 0 Å². The highest BCUT2D eigenvalue weighted by atomic mass is 16.3. The first-order valence-electron chi connectivity index (χ1n) is 11.3. The Labute approximate surface area is 191 Å². The molecular formula is C24H27N7O2. The number of rotatable bonds is 6. The Morgan fingerprint density at radius 1 is 1.18 bits per heavy atom. The number of Topliss-reactive ketones (excluding diaryl/α,β-unsaturated/α-hetero) is 1. The standard InChI is InChI=1S/C24H27N7O2/c1-15(2)31-8-6-16(7-9-31)24-27-22(14-33-24)23(32)11-18-10-20-17(12-25-18)4-5-19(26-20)21-13-30(3)29-28-21/h4-5,10,12-16H,6-9,11H2,1-3H3. The predicted octanol–water partition coefficient (Wildman–Crippen LogP) is 3.43. The maximum Gasteiger partial charge on any atom is 0.197 e. The molecule has 0 unspecified atom stereocenters. The van der Waals surface area contributed by atoms with Crippen molar-refractivity contribution in [3.05, 3.63) is 54.1 Å². The maximum absolute atomic E-state index is 12.9. The minimum Gasteiger partial charge on any atom is -0.448 e. The van der Waals surface area contributed by atoms with E-state index in [0.29, 0.717) is 29.0 Å². The second-order valence-corrected chi connectivity index (χ2v) is 8.92. The number of carbonyl (C=O) groups is 1. The minimum atomic E-state index is -0.110. The summed E-state index contributed by atoms with van der Waals surface area (Å²) >= 11 is 0. The lowest BCUT2D eigenvalue weighted by atomic mass is 9.96. The van der Waals surface area contributed by atoms with Gasteiger partial charge in [0.1, 0.15) is 17.7 Å². The number of nitrogens with zero attached hydrogens (tertiary/aromatic N) is 7. The summed E-state index contributed by atoms with van der Waals surface area (Å²) in [5.74, 6) is 0.828. The van der Waals surface area contributed by atoms with Crippen LogP contribution in [0, 0.1) is 0 Å². The number of hydrogen-bond acceptors (Lipinski definition) is 8. The van der Waals surface area contributed by atoms with Gasteiger partial charge in [0.15, 0.2) is 11.7 Å². The number of carbonyl (C=O) groups excluding carboxylic acids is 1. The third-order valence-corrected chi connectivity index (χ3v) is 6.25. The van der Waals surface area contributed by atoms with Crippen LogP contribution in [0.3, 0.4) is 0 Å². The van der Waals surface area contributed by atoms with Crippen molar-refractivity contribution in [2.75, 3.05) is 13.1 Å². The van der Waals surface area contributed by atoms with Gasteiger partial charge in [-0.25, -0.2) is 9.97 Å². The van der Waals surface area contributed by atoms with Gasteiger partial charge < -0.3 is 9.32 Å². The van der Waals surface area contributed by atoms with Crippen LogP contribution < -0.4 is 0 Å². The molecule has 0 amide bonds. The molecule has 1 aliphatic rings.